The van der Waals surface area contributed by atoms with Gasteiger partial charge >= 0.3 is 0 Å². The summed E-state index contributed by atoms with van der Waals surface area (Å²) in [6, 6.07) is 15.3. The molecule has 0 radical (unpaired) electrons. The molecule has 2 aromatic carbocycles. The molecular weight excluding hydrogens is 380 g/mol. The van der Waals surface area contributed by atoms with Crippen molar-refractivity contribution in [1.82, 2.24) is 14.7 Å². The first kappa shape index (κ1) is 21.4. The summed E-state index contributed by atoms with van der Waals surface area (Å²) in [5.41, 5.74) is 4.79. The van der Waals surface area contributed by atoms with E-state index in [0.717, 1.165) is 22.6 Å². The molecule has 158 valence electrons. The zero-order chi connectivity index (χ0) is 21.7. The minimum Gasteiger partial charge on any atom is -0.497 e. The first-order valence-electron chi connectivity index (χ1n) is 9.74. The van der Waals surface area contributed by atoms with Crippen LogP contribution in [0.5, 0.6) is 11.5 Å². The van der Waals surface area contributed by atoms with Crippen LogP contribution in [0.3, 0.4) is 0 Å². The summed E-state index contributed by atoms with van der Waals surface area (Å²) in [5.74, 6) is 1.11. The lowest BCUT2D eigenvalue weighted by Gasteiger charge is -2.18. The Morgan fingerprint density at radius 2 is 1.83 bits per heavy atom. The van der Waals surface area contributed by atoms with Crippen molar-refractivity contribution in [2.75, 3.05) is 33.1 Å². The molecule has 7 nitrogen and oxygen atoms in total. The highest BCUT2D eigenvalue weighted by Crippen LogP contribution is 2.29. The monoisotopic (exact) mass is 408 g/mol. The van der Waals surface area contributed by atoms with Crippen molar-refractivity contribution in [3.05, 3.63) is 65.5 Å². The fourth-order valence-corrected chi connectivity index (χ4v) is 3.39. The molecule has 7 heteroatoms. The van der Waals surface area contributed by atoms with E-state index in [1.165, 1.54) is 0 Å². The van der Waals surface area contributed by atoms with Crippen LogP contribution in [0, 0.1) is 13.8 Å². The summed E-state index contributed by atoms with van der Waals surface area (Å²) in [6.07, 6.45) is 0. The van der Waals surface area contributed by atoms with Crippen LogP contribution in [-0.2, 0) is 11.3 Å². The number of amides is 1. The average Bonchev–Trinajstić information content (AvgIpc) is 3.02. The second-order valence-corrected chi connectivity index (χ2v) is 7.18. The first-order chi connectivity index (χ1) is 14.4. The quantitative estimate of drug-likeness (QED) is 0.617. The molecule has 0 aliphatic carbocycles. The zero-order valence-corrected chi connectivity index (χ0v) is 18.1. The van der Waals surface area contributed by atoms with Gasteiger partial charge in [0, 0.05) is 23.9 Å². The number of para-hydroxylation sites is 1. The van der Waals surface area contributed by atoms with E-state index in [1.54, 1.807) is 32.4 Å². The third-order valence-corrected chi connectivity index (χ3v) is 4.97. The summed E-state index contributed by atoms with van der Waals surface area (Å²) in [5, 5.41) is 7.59. The summed E-state index contributed by atoms with van der Waals surface area (Å²) in [7, 11) is 5.07. The second kappa shape index (κ2) is 9.45. The molecule has 1 amide bonds. The smallest absolute Gasteiger partial charge is 0.238 e. The van der Waals surface area contributed by atoms with Gasteiger partial charge in [0.05, 0.1) is 37.8 Å². The van der Waals surface area contributed by atoms with Gasteiger partial charge in [0.25, 0.3) is 0 Å². The molecule has 0 spiro atoms. The summed E-state index contributed by atoms with van der Waals surface area (Å²) < 4.78 is 12.5. The Hall–Kier alpha value is -3.32. The molecule has 0 saturated carbocycles. The number of methoxy groups -OCH3 is 2. The van der Waals surface area contributed by atoms with Gasteiger partial charge in [0.1, 0.15) is 11.5 Å². The molecule has 1 heterocycles. The molecule has 3 aromatic rings. The van der Waals surface area contributed by atoms with E-state index in [-0.39, 0.29) is 12.5 Å². The number of benzene rings is 2. The average molecular weight is 409 g/mol. The van der Waals surface area contributed by atoms with Crippen molar-refractivity contribution >= 4 is 11.6 Å². The molecule has 0 aliphatic rings. The Bertz CT molecular complexity index is 1010. The largest absolute Gasteiger partial charge is 0.497 e. The van der Waals surface area contributed by atoms with Crippen LogP contribution >= 0.6 is 0 Å². The molecule has 0 unspecified atom stereocenters. The van der Waals surface area contributed by atoms with Crippen molar-refractivity contribution < 1.29 is 14.3 Å². The zero-order valence-electron chi connectivity index (χ0n) is 18.1. The van der Waals surface area contributed by atoms with Crippen LogP contribution in [-0.4, -0.2) is 48.4 Å². The van der Waals surface area contributed by atoms with E-state index in [4.69, 9.17) is 9.47 Å². The minimum absolute atomic E-state index is 0.119. The van der Waals surface area contributed by atoms with Gasteiger partial charge < -0.3 is 14.8 Å². The lowest BCUT2D eigenvalue weighted by atomic mass is 10.2. The van der Waals surface area contributed by atoms with Crippen molar-refractivity contribution in [3.63, 3.8) is 0 Å². The SMILES string of the molecule is COc1ccc(NC(=O)CN(C)Cc2c(C)nn(-c3ccccc3)c2C)c(OC)c1. The third-order valence-electron chi connectivity index (χ3n) is 4.97. The van der Waals surface area contributed by atoms with Gasteiger partial charge in [0.2, 0.25) is 5.91 Å². The molecule has 1 aromatic heterocycles. The first-order valence-corrected chi connectivity index (χ1v) is 9.74. The number of rotatable bonds is 8. The van der Waals surface area contributed by atoms with Crippen molar-refractivity contribution in [2.45, 2.75) is 20.4 Å². The predicted octanol–water partition coefficient (Wildman–Crippen LogP) is 3.58. The van der Waals surface area contributed by atoms with E-state index in [9.17, 15) is 4.79 Å². The van der Waals surface area contributed by atoms with Crippen molar-refractivity contribution in [3.8, 4) is 17.2 Å². The van der Waals surface area contributed by atoms with E-state index in [0.29, 0.717) is 23.7 Å². The lowest BCUT2D eigenvalue weighted by molar-refractivity contribution is -0.117. The topological polar surface area (TPSA) is 68.6 Å². The maximum atomic E-state index is 12.6. The van der Waals surface area contributed by atoms with Gasteiger partial charge in [-0.15, -0.1) is 0 Å². The third kappa shape index (κ3) is 4.80. The molecule has 1 N–H and O–H groups in total. The fraction of sp³-hybridized carbons (Fsp3) is 0.304. The molecule has 0 bridgehead atoms. The number of hydrogen-bond acceptors (Lipinski definition) is 5. The normalized spacial score (nSPS) is 10.9. The van der Waals surface area contributed by atoms with Crippen LogP contribution < -0.4 is 14.8 Å². The maximum Gasteiger partial charge on any atom is 0.238 e. The number of carbonyl (C=O) groups is 1. The highest BCUT2D eigenvalue weighted by atomic mass is 16.5. The van der Waals surface area contributed by atoms with Gasteiger partial charge in [-0.25, -0.2) is 4.68 Å². The van der Waals surface area contributed by atoms with E-state index in [1.807, 2.05) is 53.9 Å². The van der Waals surface area contributed by atoms with E-state index >= 15 is 0 Å². The molecule has 30 heavy (non-hydrogen) atoms. The number of nitrogens with zero attached hydrogens (tertiary/aromatic N) is 3. The molecular formula is C23H28N4O3. The summed E-state index contributed by atoms with van der Waals surface area (Å²) >= 11 is 0. The standard InChI is InChI=1S/C23H28N4O3/c1-16-20(17(2)27(25-16)18-9-7-6-8-10-18)14-26(3)15-23(28)24-21-12-11-19(29-4)13-22(21)30-5/h6-13H,14-15H2,1-5H3,(H,24,28). The van der Waals surface area contributed by atoms with Crippen LogP contribution in [0.25, 0.3) is 5.69 Å². The predicted molar refractivity (Wildman–Crippen MR) is 118 cm³/mol. The highest BCUT2D eigenvalue weighted by molar-refractivity contribution is 5.93. The number of hydrogen-bond donors (Lipinski definition) is 1. The molecule has 0 atom stereocenters. The Morgan fingerprint density at radius 1 is 1.10 bits per heavy atom. The number of aromatic nitrogens is 2. The molecule has 0 fully saturated rings. The van der Waals surface area contributed by atoms with Crippen LogP contribution in [0.1, 0.15) is 17.0 Å². The Morgan fingerprint density at radius 3 is 2.50 bits per heavy atom. The van der Waals surface area contributed by atoms with E-state index in [2.05, 4.69) is 17.3 Å². The Kier molecular flexibility index (Phi) is 6.74. The summed E-state index contributed by atoms with van der Waals surface area (Å²) in [4.78, 5) is 14.5. The second-order valence-electron chi connectivity index (χ2n) is 7.18. The number of likely N-dealkylation sites (N-methyl/N-ethyl adjacent to an activating group) is 1. The van der Waals surface area contributed by atoms with Crippen LogP contribution in [0.2, 0.25) is 0 Å². The van der Waals surface area contributed by atoms with Gasteiger partial charge in [-0.05, 0) is 45.2 Å². The lowest BCUT2D eigenvalue weighted by Crippen LogP contribution is -2.30. The fourth-order valence-electron chi connectivity index (χ4n) is 3.39. The van der Waals surface area contributed by atoms with Gasteiger partial charge in [-0.1, -0.05) is 18.2 Å². The molecule has 0 saturated heterocycles. The van der Waals surface area contributed by atoms with Gasteiger partial charge in [0.15, 0.2) is 0 Å². The van der Waals surface area contributed by atoms with Gasteiger partial charge in [-0.3, -0.25) is 9.69 Å². The number of nitrogens with one attached hydrogen (secondary N) is 1. The Balaban J connectivity index is 1.67. The number of carbonyl (C=O) groups excluding carboxylic acids is 1. The van der Waals surface area contributed by atoms with E-state index < -0.39 is 0 Å². The maximum absolute atomic E-state index is 12.6. The molecule has 0 aliphatic heterocycles. The number of anilines is 1. The van der Waals surface area contributed by atoms with Crippen LogP contribution in [0.15, 0.2) is 48.5 Å². The minimum atomic E-state index is -0.119. The van der Waals surface area contributed by atoms with Crippen molar-refractivity contribution in [2.24, 2.45) is 0 Å². The molecule has 3 rings (SSSR count). The number of ether oxygens (including phenoxy) is 2. The number of aryl methyl sites for hydroxylation is 1. The van der Waals surface area contributed by atoms with Crippen molar-refractivity contribution in [1.29, 1.82) is 0 Å². The highest BCUT2D eigenvalue weighted by Gasteiger charge is 2.17. The Labute approximate surface area is 177 Å². The summed E-state index contributed by atoms with van der Waals surface area (Å²) in [6.45, 7) is 4.92. The van der Waals surface area contributed by atoms with Gasteiger partial charge in [-0.2, -0.15) is 5.10 Å². The van der Waals surface area contributed by atoms with Crippen LogP contribution in [0.4, 0.5) is 5.69 Å².